The van der Waals surface area contributed by atoms with Gasteiger partial charge in [-0.1, -0.05) is 165 Å². The van der Waals surface area contributed by atoms with E-state index < -0.39 is 26.5 Å². The normalized spacial score (nSPS) is 13.8. The van der Waals surface area contributed by atoms with Gasteiger partial charge in [0.1, 0.15) is 12.7 Å². The zero-order valence-corrected chi connectivity index (χ0v) is 34.6. The quantitative estimate of drug-likeness (QED) is 0.0244. The molecule has 0 fully saturated rings. The Hall–Kier alpha value is -2.03. The van der Waals surface area contributed by atoms with Crippen molar-refractivity contribution in [2.24, 2.45) is 0 Å². The summed E-state index contributed by atoms with van der Waals surface area (Å²) in [5.74, 6) is -0.557. The molecule has 0 aliphatic heterocycles. The van der Waals surface area contributed by atoms with Gasteiger partial charge in [-0.25, -0.2) is 4.57 Å². The number of allylic oxidation sites excluding steroid dienone is 8. The van der Waals surface area contributed by atoms with Crippen LogP contribution in [0.1, 0.15) is 181 Å². The summed E-state index contributed by atoms with van der Waals surface area (Å²) in [7, 11) is -4.43. The summed E-state index contributed by atoms with van der Waals surface area (Å²) < 4.78 is 26.8. The highest BCUT2D eigenvalue weighted by Gasteiger charge is 2.23. The Kier molecular flexibility index (Phi) is 38.1. The lowest BCUT2D eigenvalue weighted by atomic mass is 10.0. The third-order valence-corrected chi connectivity index (χ3v) is 9.76. The topological polar surface area (TPSA) is 131 Å². The van der Waals surface area contributed by atoms with Crippen LogP contribution in [0, 0.1) is 0 Å². The average Bonchev–Trinajstić information content (AvgIpc) is 3.14. The van der Waals surface area contributed by atoms with E-state index in [0.29, 0.717) is 6.42 Å². The summed E-state index contributed by atoms with van der Waals surface area (Å²) in [6.07, 6.45) is 44.7. The highest BCUT2D eigenvalue weighted by atomic mass is 31.2. The summed E-state index contributed by atoms with van der Waals surface area (Å²) in [5.41, 5.74) is 0. The number of hydrogen-bond donors (Lipinski definition) is 3. The van der Waals surface area contributed by atoms with Crippen molar-refractivity contribution in [1.29, 1.82) is 0 Å². The summed E-state index contributed by atoms with van der Waals surface area (Å²) in [6.45, 7) is 3.39. The van der Waals surface area contributed by atoms with Gasteiger partial charge < -0.3 is 20.1 Å². The van der Waals surface area contributed by atoms with Crippen molar-refractivity contribution in [3.63, 3.8) is 0 Å². The molecule has 9 nitrogen and oxygen atoms in total. The maximum atomic E-state index is 12.1. The van der Waals surface area contributed by atoms with Gasteiger partial charge in [-0.2, -0.15) is 0 Å². The summed E-state index contributed by atoms with van der Waals surface area (Å²) in [5, 5.41) is 12.7. The minimum Gasteiger partial charge on any atom is -0.463 e. The van der Waals surface area contributed by atoms with E-state index in [1.807, 2.05) is 0 Å². The van der Waals surface area contributed by atoms with Crippen LogP contribution in [0.3, 0.4) is 0 Å². The Morgan fingerprint density at radius 1 is 0.604 bits per heavy atom. The molecule has 0 aliphatic rings. The first kappa shape index (κ1) is 51.0. The highest BCUT2D eigenvalue weighted by molar-refractivity contribution is 7.47. The van der Waals surface area contributed by atoms with Gasteiger partial charge in [-0.05, 0) is 51.4 Å². The number of amides is 1. The number of phosphoric acid groups is 1. The Morgan fingerprint density at radius 3 is 1.60 bits per heavy atom. The van der Waals surface area contributed by atoms with Gasteiger partial charge in [0, 0.05) is 19.4 Å². The predicted molar refractivity (Wildman–Crippen MR) is 220 cm³/mol. The molecule has 53 heavy (non-hydrogen) atoms. The smallest absolute Gasteiger partial charge is 0.463 e. The lowest BCUT2D eigenvalue weighted by molar-refractivity contribution is -0.147. The standard InChI is InChI=1S/C43H78NO8P/c1-3-5-7-9-11-13-15-17-19-20-22-24-26-28-30-32-34-36-43(47)50-39-41(45)40-52-53(48,49)51-38-37-44-42(46)35-33-31-29-27-25-23-21-18-16-14-12-10-8-6-4-2/h6,8,12,14,18,21,25,27,41,45H,3-5,7,9-11,13,15-17,19-20,22-24,26,28-40H2,1-2H3,(H,44,46)(H,48,49)/b8-6-,14-12-,21-18-,27-25-. The van der Waals surface area contributed by atoms with E-state index in [9.17, 15) is 24.2 Å². The number of carbonyl (C=O) groups excluding carboxylic acids is 2. The minimum atomic E-state index is -4.43. The maximum absolute atomic E-state index is 12.1. The van der Waals surface area contributed by atoms with Crippen molar-refractivity contribution < 1.29 is 37.9 Å². The third kappa shape index (κ3) is 41.0. The summed E-state index contributed by atoms with van der Waals surface area (Å²) in [6, 6.07) is 0. The second-order valence-corrected chi connectivity index (χ2v) is 15.4. The molecule has 2 atom stereocenters. The zero-order chi connectivity index (χ0) is 38.9. The molecular formula is C43H78NO8P. The Balaban J connectivity index is 3.64. The first-order chi connectivity index (χ1) is 25.8. The molecule has 10 heteroatoms. The van der Waals surface area contributed by atoms with Crippen LogP contribution in [-0.2, 0) is 27.9 Å². The van der Waals surface area contributed by atoms with Gasteiger partial charge >= 0.3 is 13.8 Å². The number of nitrogens with one attached hydrogen (secondary N) is 1. The lowest BCUT2D eigenvalue weighted by Gasteiger charge is -2.15. The predicted octanol–water partition coefficient (Wildman–Crippen LogP) is 11.5. The second-order valence-electron chi connectivity index (χ2n) is 13.9. The average molecular weight is 768 g/mol. The van der Waals surface area contributed by atoms with E-state index in [1.165, 1.54) is 89.9 Å². The van der Waals surface area contributed by atoms with Crippen molar-refractivity contribution in [3.8, 4) is 0 Å². The number of rotatable bonds is 39. The van der Waals surface area contributed by atoms with E-state index >= 15 is 0 Å². The molecule has 0 aromatic rings. The van der Waals surface area contributed by atoms with Crippen molar-refractivity contribution in [3.05, 3.63) is 48.6 Å². The molecule has 0 saturated carbocycles. The third-order valence-electron chi connectivity index (χ3n) is 8.77. The van der Waals surface area contributed by atoms with Crippen molar-refractivity contribution in [2.45, 2.75) is 187 Å². The van der Waals surface area contributed by atoms with Crippen LogP contribution in [0.15, 0.2) is 48.6 Å². The molecule has 0 saturated heterocycles. The molecule has 3 N–H and O–H groups in total. The van der Waals surface area contributed by atoms with Gasteiger partial charge in [0.05, 0.1) is 13.2 Å². The fourth-order valence-corrected chi connectivity index (χ4v) is 6.36. The molecular weight excluding hydrogens is 689 g/mol. The Morgan fingerprint density at radius 2 is 1.08 bits per heavy atom. The fourth-order valence-electron chi connectivity index (χ4n) is 5.61. The van der Waals surface area contributed by atoms with Gasteiger partial charge in [0.2, 0.25) is 5.91 Å². The number of unbranched alkanes of at least 4 members (excludes halogenated alkanes) is 18. The number of carbonyl (C=O) groups is 2. The molecule has 0 rings (SSSR count). The molecule has 0 aromatic heterocycles. The maximum Gasteiger partial charge on any atom is 0.472 e. The number of esters is 1. The monoisotopic (exact) mass is 768 g/mol. The fraction of sp³-hybridized carbons (Fsp3) is 0.767. The van der Waals surface area contributed by atoms with E-state index in [1.54, 1.807) is 0 Å². The largest absolute Gasteiger partial charge is 0.472 e. The molecule has 308 valence electrons. The molecule has 0 spiro atoms. The van der Waals surface area contributed by atoms with Crippen LogP contribution in [0.4, 0.5) is 0 Å². The van der Waals surface area contributed by atoms with Crippen molar-refractivity contribution in [2.75, 3.05) is 26.4 Å². The van der Waals surface area contributed by atoms with Crippen LogP contribution >= 0.6 is 7.82 Å². The van der Waals surface area contributed by atoms with Crippen molar-refractivity contribution >= 4 is 19.7 Å². The van der Waals surface area contributed by atoms with E-state index in [4.69, 9.17) is 13.8 Å². The minimum absolute atomic E-state index is 0.0587. The number of phosphoric ester groups is 1. The van der Waals surface area contributed by atoms with E-state index in [0.717, 1.165) is 64.2 Å². The van der Waals surface area contributed by atoms with Crippen LogP contribution in [0.5, 0.6) is 0 Å². The molecule has 1 amide bonds. The van der Waals surface area contributed by atoms with E-state index in [-0.39, 0.29) is 32.1 Å². The van der Waals surface area contributed by atoms with Crippen LogP contribution in [-0.4, -0.2) is 54.3 Å². The summed E-state index contributed by atoms with van der Waals surface area (Å²) >= 11 is 0. The van der Waals surface area contributed by atoms with Crippen LogP contribution < -0.4 is 5.32 Å². The van der Waals surface area contributed by atoms with Crippen molar-refractivity contribution in [1.82, 2.24) is 5.32 Å². The number of aliphatic hydroxyl groups excluding tert-OH is 1. The molecule has 2 unspecified atom stereocenters. The zero-order valence-electron chi connectivity index (χ0n) is 33.7. The van der Waals surface area contributed by atoms with Crippen LogP contribution in [0.25, 0.3) is 0 Å². The number of ether oxygens (including phenoxy) is 1. The lowest BCUT2D eigenvalue weighted by Crippen LogP contribution is -2.27. The summed E-state index contributed by atoms with van der Waals surface area (Å²) in [4.78, 5) is 33.8. The second kappa shape index (κ2) is 39.7. The van der Waals surface area contributed by atoms with Crippen LogP contribution in [0.2, 0.25) is 0 Å². The Bertz CT molecular complexity index is 1010. The van der Waals surface area contributed by atoms with E-state index in [2.05, 4.69) is 67.8 Å². The molecule has 0 bridgehead atoms. The highest BCUT2D eigenvalue weighted by Crippen LogP contribution is 2.42. The SMILES string of the molecule is CC/C=C\C/C=C\C/C=C\C/C=C\CCCCC(=O)NCCOP(=O)(O)OCC(O)COC(=O)CCCCCCCCCCCCCCCCCCC. The Labute approximate surface area is 324 Å². The molecule has 0 heterocycles. The molecule has 0 radical (unpaired) electrons. The molecule has 0 aromatic carbocycles. The van der Waals surface area contributed by atoms with Gasteiger partial charge in [0.25, 0.3) is 0 Å². The van der Waals surface area contributed by atoms with Gasteiger partial charge in [0.15, 0.2) is 0 Å². The number of hydrogen-bond acceptors (Lipinski definition) is 7. The number of aliphatic hydroxyl groups is 1. The first-order valence-corrected chi connectivity index (χ1v) is 22.6. The molecule has 0 aliphatic carbocycles. The van der Waals surface area contributed by atoms with Gasteiger partial charge in [-0.3, -0.25) is 18.6 Å². The first-order valence-electron chi connectivity index (χ1n) is 21.1. The van der Waals surface area contributed by atoms with Gasteiger partial charge in [-0.15, -0.1) is 0 Å².